The molecule has 0 heterocycles. The summed E-state index contributed by atoms with van der Waals surface area (Å²) in [6.07, 6.45) is 0. The van der Waals surface area contributed by atoms with Crippen molar-refractivity contribution in [1.29, 1.82) is 0 Å². The Kier molecular flexibility index (Phi) is 19.6. The van der Waals surface area contributed by atoms with E-state index < -0.39 is 0 Å². The van der Waals surface area contributed by atoms with Crippen LogP contribution in [0, 0.1) is 20.8 Å². The second-order valence-corrected chi connectivity index (χ2v) is 11.5. The average molecular weight is 659 g/mol. The van der Waals surface area contributed by atoms with Gasteiger partial charge in [0.05, 0.1) is 0 Å². The van der Waals surface area contributed by atoms with Crippen LogP contribution in [-0.4, -0.2) is 0 Å². The standard InChI is InChI=1S/C27H24.2C9H10.C2H6.C2H4.CH4/c1-19-14-15-20(2)25(16-19)27-18-24(22-10-6-4-7-11-22)17-26(21(27)3)23-12-8-5-9-13-23;2*1-8(2)9-6-4-3-5-7-9;2*1-2;/h4-18H,1-3H3;2*3-7H,1H2,2H3;1-2H3;1-2H2;1H4. The van der Waals surface area contributed by atoms with Crippen LogP contribution < -0.4 is 0 Å². The highest BCUT2D eigenvalue weighted by Crippen LogP contribution is 2.38. The lowest BCUT2D eigenvalue weighted by Crippen LogP contribution is -1.93. The number of rotatable bonds is 5. The Morgan fingerprint density at radius 2 is 0.800 bits per heavy atom. The number of benzene rings is 6. The van der Waals surface area contributed by atoms with Crippen LogP contribution in [0.1, 0.15) is 62.9 Å². The van der Waals surface area contributed by atoms with Crippen LogP contribution in [0.3, 0.4) is 0 Å². The van der Waals surface area contributed by atoms with Crippen molar-refractivity contribution >= 4 is 11.1 Å². The van der Waals surface area contributed by atoms with Crippen molar-refractivity contribution in [2.75, 3.05) is 0 Å². The minimum atomic E-state index is 0. The third-order valence-electron chi connectivity index (χ3n) is 7.82. The highest BCUT2D eigenvalue weighted by Gasteiger charge is 2.13. The number of hydrogen-bond donors (Lipinski definition) is 0. The molecular formula is C50H58. The fourth-order valence-corrected chi connectivity index (χ4v) is 5.18. The maximum atomic E-state index is 3.83. The molecule has 0 saturated carbocycles. The Hall–Kier alpha value is -5.46. The summed E-state index contributed by atoms with van der Waals surface area (Å²) in [4.78, 5) is 0. The second kappa shape index (κ2) is 23.0. The van der Waals surface area contributed by atoms with Gasteiger partial charge in [-0.2, -0.15) is 0 Å². The molecule has 0 unspecified atom stereocenters. The molecule has 50 heavy (non-hydrogen) atoms. The summed E-state index contributed by atoms with van der Waals surface area (Å²) >= 11 is 0. The highest BCUT2D eigenvalue weighted by molar-refractivity contribution is 5.85. The maximum absolute atomic E-state index is 3.83. The van der Waals surface area contributed by atoms with Gasteiger partial charge in [-0.05, 0) is 102 Å². The molecule has 0 aliphatic rings. The van der Waals surface area contributed by atoms with Crippen molar-refractivity contribution in [3.63, 3.8) is 0 Å². The van der Waals surface area contributed by atoms with E-state index in [1.54, 1.807) is 0 Å². The first-order valence-corrected chi connectivity index (χ1v) is 17.0. The zero-order valence-electron chi connectivity index (χ0n) is 30.8. The quantitative estimate of drug-likeness (QED) is 0.162. The summed E-state index contributed by atoms with van der Waals surface area (Å²) in [7, 11) is 0. The van der Waals surface area contributed by atoms with Gasteiger partial charge in [-0.15, -0.1) is 13.2 Å². The molecule has 6 rings (SSSR count). The lowest BCUT2D eigenvalue weighted by molar-refractivity contribution is 1.37. The topological polar surface area (TPSA) is 0 Å². The largest absolute Gasteiger partial charge is 0.106 e. The number of aryl methyl sites for hydroxylation is 2. The minimum Gasteiger partial charge on any atom is -0.106 e. The van der Waals surface area contributed by atoms with Gasteiger partial charge in [-0.25, -0.2) is 0 Å². The fourth-order valence-electron chi connectivity index (χ4n) is 5.18. The molecule has 0 amide bonds. The van der Waals surface area contributed by atoms with Gasteiger partial charge < -0.3 is 0 Å². The van der Waals surface area contributed by atoms with E-state index in [1.165, 1.54) is 61.2 Å². The molecule has 0 heteroatoms. The van der Waals surface area contributed by atoms with Crippen LogP contribution in [0.25, 0.3) is 44.5 Å². The fraction of sp³-hybridized carbons (Fsp3) is 0.160. The van der Waals surface area contributed by atoms with Crippen LogP contribution >= 0.6 is 0 Å². The van der Waals surface area contributed by atoms with E-state index in [2.05, 4.69) is 162 Å². The van der Waals surface area contributed by atoms with Crippen LogP contribution in [0.5, 0.6) is 0 Å². The number of allylic oxidation sites excluding steroid dienone is 2. The van der Waals surface area contributed by atoms with E-state index in [9.17, 15) is 0 Å². The van der Waals surface area contributed by atoms with Crippen LogP contribution in [0.4, 0.5) is 0 Å². The van der Waals surface area contributed by atoms with Crippen LogP contribution in [0.2, 0.25) is 0 Å². The van der Waals surface area contributed by atoms with Crippen molar-refractivity contribution in [2.45, 2.75) is 55.9 Å². The molecule has 258 valence electrons. The minimum absolute atomic E-state index is 0. The SMILES string of the molecule is C.C=C.C=C(C)c1ccccc1.C=C(C)c1ccccc1.CC.Cc1ccc(C)c(-c2cc(-c3ccccc3)cc(-c3ccccc3)c2C)c1. The van der Waals surface area contributed by atoms with Gasteiger partial charge in [0, 0.05) is 0 Å². The van der Waals surface area contributed by atoms with Gasteiger partial charge in [0.1, 0.15) is 0 Å². The van der Waals surface area contributed by atoms with Gasteiger partial charge in [-0.3, -0.25) is 0 Å². The van der Waals surface area contributed by atoms with E-state index in [0.717, 1.165) is 11.1 Å². The first-order valence-electron chi connectivity index (χ1n) is 17.0. The molecule has 0 fully saturated rings. The predicted octanol–water partition coefficient (Wildman–Crippen LogP) is 15.5. The Labute approximate surface area is 305 Å². The zero-order valence-corrected chi connectivity index (χ0v) is 30.8. The molecule has 0 bridgehead atoms. The lowest BCUT2D eigenvalue weighted by atomic mass is 9.87. The molecule has 0 spiro atoms. The van der Waals surface area contributed by atoms with E-state index in [0.29, 0.717) is 0 Å². The highest BCUT2D eigenvalue weighted by atomic mass is 14.2. The predicted molar refractivity (Wildman–Crippen MR) is 229 cm³/mol. The van der Waals surface area contributed by atoms with E-state index in [1.807, 2.05) is 64.1 Å². The third-order valence-corrected chi connectivity index (χ3v) is 7.82. The smallest absolute Gasteiger partial charge is 0.0140 e. The summed E-state index contributed by atoms with van der Waals surface area (Å²) in [5.41, 5.74) is 16.3. The summed E-state index contributed by atoms with van der Waals surface area (Å²) in [5.74, 6) is 0. The molecule has 0 atom stereocenters. The Balaban J connectivity index is 0.000000446. The normalized spacial score (nSPS) is 9.26. The molecule has 0 nitrogen and oxygen atoms in total. The molecule has 0 aliphatic carbocycles. The monoisotopic (exact) mass is 658 g/mol. The first kappa shape index (κ1) is 42.6. The van der Waals surface area contributed by atoms with E-state index >= 15 is 0 Å². The molecule has 0 saturated heterocycles. The van der Waals surface area contributed by atoms with E-state index in [-0.39, 0.29) is 7.43 Å². The van der Waals surface area contributed by atoms with Crippen molar-refractivity contribution in [3.8, 4) is 33.4 Å². The molecule has 0 radical (unpaired) electrons. The van der Waals surface area contributed by atoms with Crippen molar-refractivity contribution in [3.05, 3.63) is 206 Å². The first-order chi connectivity index (χ1) is 23.7. The average Bonchev–Trinajstić information content (AvgIpc) is 3.16. The van der Waals surface area contributed by atoms with Gasteiger partial charge in [0.25, 0.3) is 0 Å². The Morgan fingerprint density at radius 1 is 0.420 bits per heavy atom. The summed E-state index contributed by atoms with van der Waals surface area (Å²) < 4.78 is 0. The second-order valence-electron chi connectivity index (χ2n) is 11.5. The molecule has 0 aromatic heterocycles. The Morgan fingerprint density at radius 3 is 1.20 bits per heavy atom. The third kappa shape index (κ3) is 12.9. The van der Waals surface area contributed by atoms with Crippen LogP contribution in [-0.2, 0) is 0 Å². The van der Waals surface area contributed by atoms with Gasteiger partial charge >= 0.3 is 0 Å². The molecule has 6 aromatic carbocycles. The summed E-state index contributed by atoms with van der Waals surface area (Å²) in [5, 5.41) is 0. The van der Waals surface area contributed by atoms with Crippen molar-refractivity contribution < 1.29 is 0 Å². The van der Waals surface area contributed by atoms with Gasteiger partial charge in [0.15, 0.2) is 0 Å². The summed E-state index contributed by atoms with van der Waals surface area (Å²) in [6.45, 7) is 28.3. The van der Waals surface area contributed by atoms with Crippen molar-refractivity contribution in [2.24, 2.45) is 0 Å². The van der Waals surface area contributed by atoms with Gasteiger partial charge in [-0.1, -0.05) is 191 Å². The summed E-state index contributed by atoms with van der Waals surface area (Å²) in [6, 6.07) is 53.1. The van der Waals surface area contributed by atoms with Crippen LogP contribution in [0.15, 0.2) is 178 Å². The zero-order chi connectivity index (χ0) is 36.2. The molecule has 0 N–H and O–H groups in total. The number of hydrogen-bond acceptors (Lipinski definition) is 0. The van der Waals surface area contributed by atoms with Gasteiger partial charge in [0.2, 0.25) is 0 Å². The van der Waals surface area contributed by atoms with Crippen molar-refractivity contribution in [1.82, 2.24) is 0 Å². The molecule has 0 aliphatic heterocycles. The molecular weight excluding hydrogens is 601 g/mol. The molecule has 6 aromatic rings. The maximum Gasteiger partial charge on any atom is -0.0140 e. The lowest BCUT2D eigenvalue weighted by Gasteiger charge is -2.17. The Bertz CT molecular complexity index is 1800. The van der Waals surface area contributed by atoms with E-state index in [4.69, 9.17) is 0 Å².